The third kappa shape index (κ3) is 4.51. The molecule has 0 fully saturated rings. The maximum atomic E-state index is 12.2. The lowest BCUT2D eigenvalue weighted by Gasteiger charge is -2.16. The highest BCUT2D eigenvalue weighted by atomic mass is 16.5. The summed E-state index contributed by atoms with van der Waals surface area (Å²) < 4.78 is 5.16. The van der Waals surface area contributed by atoms with Gasteiger partial charge in [0.2, 0.25) is 0 Å². The van der Waals surface area contributed by atoms with Crippen LogP contribution in [0.5, 0.6) is 0 Å². The first-order valence-electron chi connectivity index (χ1n) is 9.21. The summed E-state index contributed by atoms with van der Waals surface area (Å²) in [4.78, 5) is 24.2. The Morgan fingerprint density at radius 3 is 2.38 bits per heavy atom. The molecule has 1 amide bonds. The lowest BCUT2D eigenvalue weighted by Crippen LogP contribution is -2.21. The van der Waals surface area contributed by atoms with E-state index in [-0.39, 0.29) is 12.5 Å². The predicted octanol–water partition coefficient (Wildman–Crippen LogP) is 4.48. The Bertz CT molecular complexity index is 794. The summed E-state index contributed by atoms with van der Waals surface area (Å²) in [7, 11) is 0. The van der Waals surface area contributed by atoms with Crippen molar-refractivity contribution in [2.75, 3.05) is 11.9 Å². The van der Waals surface area contributed by atoms with Gasteiger partial charge >= 0.3 is 5.97 Å². The molecule has 0 bridgehead atoms. The van der Waals surface area contributed by atoms with Gasteiger partial charge in [-0.15, -0.1) is 0 Å². The highest BCUT2D eigenvalue weighted by Crippen LogP contribution is 2.22. The van der Waals surface area contributed by atoms with Crippen LogP contribution in [0.2, 0.25) is 0 Å². The first-order chi connectivity index (χ1) is 12.5. The summed E-state index contributed by atoms with van der Waals surface area (Å²) in [5.41, 5.74) is 4.96. The first-order valence-corrected chi connectivity index (χ1v) is 9.21. The summed E-state index contributed by atoms with van der Waals surface area (Å²) in [5, 5.41) is 2.75. The van der Waals surface area contributed by atoms with E-state index >= 15 is 0 Å². The molecule has 0 aromatic heterocycles. The molecule has 4 nitrogen and oxygen atoms in total. The molecule has 0 atom stereocenters. The topological polar surface area (TPSA) is 55.4 Å². The fourth-order valence-corrected chi connectivity index (χ4v) is 3.22. The van der Waals surface area contributed by atoms with Crippen LogP contribution in [0.3, 0.4) is 0 Å². The number of anilines is 1. The Hall–Kier alpha value is -2.62. The smallest absolute Gasteiger partial charge is 0.338 e. The highest BCUT2D eigenvalue weighted by molar-refractivity contribution is 5.95. The number of aryl methyl sites for hydroxylation is 2. The van der Waals surface area contributed by atoms with Gasteiger partial charge in [-0.25, -0.2) is 4.79 Å². The minimum Gasteiger partial charge on any atom is -0.452 e. The Kier molecular flexibility index (Phi) is 5.71. The van der Waals surface area contributed by atoms with E-state index in [9.17, 15) is 9.59 Å². The number of amides is 1. The minimum atomic E-state index is -0.455. The second-order valence-corrected chi connectivity index (χ2v) is 7.09. The van der Waals surface area contributed by atoms with Gasteiger partial charge < -0.3 is 10.1 Å². The summed E-state index contributed by atoms with van der Waals surface area (Å²) in [6, 6.07) is 13.4. The molecular weight excluding hydrogens is 326 g/mol. The molecular formula is C22H25NO3. The fraction of sp³-hybridized carbons (Fsp3) is 0.364. The van der Waals surface area contributed by atoms with Gasteiger partial charge in [-0.3, -0.25) is 4.79 Å². The molecule has 2 aromatic carbocycles. The third-order valence-electron chi connectivity index (χ3n) is 4.78. The van der Waals surface area contributed by atoms with Crippen molar-refractivity contribution in [1.29, 1.82) is 0 Å². The van der Waals surface area contributed by atoms with Crippen molar-refractivity contribution in [3.05, 3.63) is 64.7 Å². The van der Waals surface area contributed by atoms with Crippen molar-refractivity contribution in [3.63, 3.8) is 0 Å². The van der Waals surface area contributed by atoms with Crippen molar-refractivity contribution >= 4 is 17.6 Å². The minimum absolute atomic E-state index is 0.290. The summed E-state index contributed by atoms with van der Waals surface area (Å²) in [6.07, 6.45) is 4.44. The number of ether oxygens (including phenoxy) is 1. The van der Waals surface area contributed by atoms with Gasteiger partial charge in [0.25, 0.3) is 5.91 Å². The molecule has 0 unspecified atom stereocenters. The quantitative estimate of drug-likeness (QED) is 0.808. The lowest BCUT2D eigenvalue weighted by atomic mass is 9.90. The molecule has 1 aliphatic carbocycles. The summed E-state index contributed by atoms with van der Waals surface area (Å²) >= 11 is 0. The molecule has 1 aliphatic rings. The van der Waals surface area contributed by atoms with E-state index in [1.54, 1.807) is 6.07 Å². The SMILES string of the molecule is CC(C)c1ccc(NC(=O)COC(=O)c2ccc3c(c2)CCCC3)cc1. The molecule has 1 N–H and O–H groups in total. The Labute approximate surface area is 154 Å². The molecule has 2 aromatic rings. The van der Waals surface area contributed by atoms with Gasteiger partial charge in [0, 0.05) is 5.69 Å². The lowest BCUT2D eigenvalue weighted by molar-refractivity contribution is -0.119. The van der Waals surface area contributed by atoms with E-state index in [4.69, 9.17) is 4.74 Å². The zero-order valence-corrected chi connectivity index (χ0v) is 15.4. The number of carbonyl (C=O) groups is 2. The molecule has 0 spiro atoms. The number of hydrogen-bond acceptors (Lipinski definition) is 3. The number of nitrogens with one attached hydrogen (secondary N) is 1. The van der Waals surface area contributed by atoms with E-state index in [2.05, 4.69) is 19.2 Å². The molecule has 4 heteroatoms. The van der Waals surface area contributed by atoms with Crippen LogP contribution >= 0.6 is 0 Å². The maximum Gasteiger partial charge on any atom is 0.338 e. The number of benzene rings is 2. The average Bonchev–Trinajstić information content (AvgIpc) is 2.66. The molecule has 0 aliphatic heterocycles. The van der Waals surface area contributed by atoms with Gasteiger partial charge in [0.1, 0.15) is 0 Å². The van der Waals surface area contributed by atoms with Crippen LogP contribution in [0.15, 0.2) is 42.5 Å². The second-order valence-electron chi connectivity index (χ2n) is 7.09. The van der Waals surface area contributed by atoms with Crippen LogP contribution in [-0.2, 0) is 22.4 Å². The van der Waals surface area contributed by atoms with Crippen molar-refractivity contribution in [3.8, 4) is 0 Å². The summed E-state index contributed by atoms with van der Waals surface area (Å²) in [6.45, 7) is 3.95. The molecule has 0 saturated carbocycles. The standard InChI is InChI=1S/C22H25NO3/c1-15(2)16-9-11-20(12-10-16)23-21(24)14-26-22(25)19-8-7-17-5-3-4-6-18(17)13-19/h7-13,15H,3-6,14H2,1-2H3,(H,23,24). The van der Waals surface area contributed by atoms with E-state index in [1.807, 2.05) is 36.4 Å². The monoisotopic (exact) mass is 351 g/mol. The van der Waals surface area contributed by atoms with Gasteiger partial charge in [-0.2, -0.15) is 0 Å². The van der Waals surface area contributed by atoms with Gasteiger partial charge in [0.05, 0.1) is 5.56 Å². The molecule has 136 valence electrons. The number of carbonyl (C=O) groups excluding carboxylic acids is 2. The van der Waals surface area contributed by atoms with E-state index < -0.39 is 5.97 Å². The van der Waals surface area contributed by atoms with Crippen LogP contribution in [-0.4, -0.2) is 18.5 Å². The summed E-state index contributed by atoms with van der Waals surface area (Å²) in [5.74, 6) is -0.352. The number of hydrogen-bond donors (Lipinski definition) is 1. The Morgan fingerprint density at radius 1 is 1.00 bits per heavy atom. The van der Waals surface area contributed by atoms with Crippen molar-refractivity contribution in [1.82, 2.24) is 0 Å². The second kappa shape index (κ2) is 8.17. The van der Waals surface area contributed by atoms with Crippen LogP contribution < -0.4 is 5.32 Å². The third-order valence-corrected chi connectivity index (χ3v) is 4.78. The van der Waals surface area contributed by atoms with E-state index in [1.165, 1.54) is 23.1 Å². The van der Waals surface area contributed by atoms with Gasteiger partial charge in [-0.1, -0.05) is 32.0 Å². The number of rotatable bonds is 5. The van der Waals surface area contributed by atoms with Crippen LogP contribution in [0.25, 0.3) is 0 Å². The van der Waals surface area contributed by atoms with Gasteiger partial charge in [-0.05, 0) is 72.6 Å². The zero-order valence-electron chi connectivity index (χ0n) is 15.4. The molecule has 0 saturated heterocycles. The maximum absolute atomic E-state index is 12.2. The predicted molar refractivity (Wildman–Crippen MR) is 103 cm³/mol. The Balaban J connectivity index is 1.53. The van der Waals surface area contributed by atoms with Crippen molar-refractivity contribution in [2.24, 2.45) is 0 Å². The highest BCUT2D eigenvalue weighted by Gasteiger charge is 2.15. The van der Waals surface area contributed by atoms with E-state index in [0.717, 1.165) is 19.3 Å². The average molecular weight is 351 g/mol. The molecule has 0 heterocycles. The van der Waals surface area contributed by atoms with Crippen molar-refractivity contribution < 1.29 is 14.3 Å². The van der Waals surface area contributed by atoms with Gasteiger partial charge in [0.15, 0.2) is 6.61 Å². The number of fused-ring (bicyclic) bond motifs is 1. The number of esters is 1. The Morgan fingerprint density at radius 2 is 1.69 bits per heavy atom. The normalized spacial score (nSPS) is 13.2. The largest absolute Gasteiger partial charge is 0.452 e. The fourth-order valence-electron chi connectivity index (χ4n) is 3.22. The van der Waals surface area contributed by atoms with Crippen LogP contribution in [0, 0.1) is 0 Å². The van der Waals surface area contributed by atoms with Crippen LogP contribution in [0.4, 0.5) is 5.69 Å². The first kappa shape index (κ1) is 18.2. The van der Waals surface area contributed by atoms with Crippen molar-refractivity contribution in [2.45, 2.75) is 45.4 Å². The van der Waals surface area contributed by atoms with Crippen LogP contribution in [0.1, 0.15) is 59.7 Å². The zero-order chi connectivity index (χ0) is 18.5. The molecule has 26 heavy (non-hydrogen) atoms. The van der Waals surface area contributed by atoms with E-state index in [0.29, 0.717) is 17.2 Å². The molecule has 3 rings (SSSR count). The molecule has 0 radical (unpaired) electrons.